The van der Waals surface area contributed by atoms with Crippen molar-refractivity contribution in [2.24, 2.45) is 17.6 Å². The summed E-state index contributed by atoms with van der Waals surface area (Å²) >= 11 is 9.55. The smallest absolute Gasteiger partial charge is 0.227 e. The number of hydrogen-bond acceptors (Lipinski definition) is 2. The van der Waals surface area contributed by atoms with Crippen molar-refractivity contribution in [3.8, 4) is 0 Å². The number of benzene rings is 1. The molecule has 1 aromatic rings. The quantitative estimate of drug-likeness (QED) is 0.877. The molecule has 19 heavy (non-hydrogen) atoms. The number of nitrogens with one attached hydrogen (secondary N) is 1. The van der Waals surface area contributed by atoms with Crippen LogP contribution in [0.5, 0.6) is 0 Å². The lowest BCUT2D eigenvalue weighted by Gasteiger charge is -2.18. The first kappa shape index (κ1) is 14.8. The van der Waals surface area contributed by atoms with Crippen LogP contribution in [0.25, 0.3) is 0 Å². The molecule has 2 atom stereocenters. The Labute approximate surface area is 127 Å². The zero-order valence-electron chi connectivity index (χ0n) is 10.9. The SMILES string of the molecule is Cc1cc(Br)c(NC(=O)C2CCCC2CN)cc1Cl. The average molecular weight is 346 g/mol. The number of nitrogens with two attached hydrogens (primary N) is 1. The molecule has 0 aromatic heterocycles. The molecule has 1 aromatic carbocycles. The number of carbonyl (C=O) groups is 1. The molecule has 3 N–H and O–H groups in total. The summed E-state index contributed by atoms with van der Waals surface area (Å²) in [6, 6.07) is 3.69. The lowest BCUT2D eigenvalue weighted by atomic mass is 9.95. The van der Waals surface area contributed by atoms with Crippen LogP contribution < -0.4 is 11.1 Å². The van der Waals surface area contributed by atoms with Crippen LogP contribution >= 0.6 is 27.5 Å². The summed E-state index contributed by atoms with van der Waals surface area (Å²) in [5.74, 6) is 0.380. The van der Waals surface area contributed by atoms with Crippen LogP contribution in [-0.4, -0.2) is 12.5 Å². The Balaban J connectivity index is 2.13. The summed E-state index contributed by atoms with van der Waals surface area (Å²) in [6.45, 7) is 2.51. The van der Waals surface area contributed by atoms with E-state index in [1.807, 2.05) is 13.0 Å². The van der Waals surface area contributed by atoms with Crippen molar-refractivity contribution in [3.05, 3.63) is 27.2 Å². The highest BCUT2D eigenvalue weighted by molar-refractivity contribution is 9.10. The minimum Gasteiger partial charge on any atom is -0.330 e. The van der Waals surface area contributed by atoms with Gasteiger partial charge in [-0.15, -0.1) is 0 Å². The number of rotatable bonds is 3. The minimum atomic E-state index is 0.0250. The van der Waals surface area contributed by atoms with Crippen LogP contribution in [0, 0.1) is 18.8 Å². The molecule has 0 bridgehead atoms. The van der Waals surface area contributed by atoms with E-state index in [0.29, 0.717) is 17.5 Å². The van der Waals surface area contributed by atoms with Crippen LogP contribution in [0.3, 0.4) is 0 Å². The summed E-state index contributed by atoms with van der Waals surface area (Å²) in [5, 5.41) is 3.61. The van der Waals surface area contributed by atoms with Gasteiger partial charge in [0, 0.05) is 15.4 Å². The molecular weight excluding hydrogens is 328 g/mol. The van der Waals surface area contributed by atoms with Gasteiger partial charge in [0.05, 0.1) is 5.69 Å². The van der Waals surface area contributed by atoms with Crippen molar-refractivity contribution < 1.29 is 4.79 Å². The number of halogens is 2. The van der Waals surface area contributed by atoms with E-state index in [-0.39, 0.29) is 11.8 Å². The third-order valence-corrected chi connectivity index (χ3v) is 4.87. The van der Waals surface area contributed by atoms with Crippen molar-refractivity contribution in [3.63, 3.8) is 0 Å². The number of hydrogen-bond donors (Lipinski definition) is 2. The second-order valence-electron chi connectivity index (χ2n) is 5.10. The fourth-order valence-corrected chi connectivity index (χ4v) is 3.35. The third-order valence-electron chi connectivity index (χ3n) is 3.80. The first-order valence-corrected chi connectivity index (χ1v) is 7.66. The summed E-state index contributed by atoms with van der Waals surface area (Å²) in [4.78, 5) is 12.3. The van der Waals surface area contributed by atoms with Gasteiger partial charge in [-0.2, -0.15) is 0 Å². The van der Waals surface area contributed by atoms with Gasteiger partial charge in [0.2, 0.25) is 5.91 Å². The lowest BCUT2D eigenvalue weighted by Crippen LogP contribution is -2.29. The summed E-state index contributed by atoms with van der Waals surface area (Å²) in [7, 11) is 0. The molecule has 1 aliphatic carbocycles. The molecule has 0 saturated heterocycles. The van der Waals surface area contributed by atoms with E-state index in [9.17, 15) is 4.79 Å². The van der Waals surface area contributed by atoms with Crippen molar-refractivity contribution in [2.75, 3.05) is 11.9 Å². The van der Waals surface area contributed by atoms with Crippen LogP contribution in [-0.2, 0) is 4.79 Å². The molecule has 2 rings (SSSR count). The molecule has 1 aliphatic rings. The molecule has 2 unspecified atom stereocenters. The predicted octanol–water partition coefficient (Wildman–Crippen LogP) is 3.72. The Hall–Kier alpha value is -0.580. The molecule has 1 fully saturated rings. The lowest BCUT2D eigenvalue weighted by molar-refractivity contribution is -0.120. The van der Waals surface area contributed by atoms with Gasteiger partial charge in [-0.1, -0.05) is 18.0 Å². The zero-order chi connectivity index (χ0) is 14.0. The predicted molar refractivity (Wildman–Crippen MR) is 82.4 cm³/mol. The number of amides is 1. The maximum absolute atomic E-state index is 12.3. The first-order valence-electron chi connectivity index (χ1n) is 6.49. The summed E-state index contributed by atoms with van der Waals surface area (Å²) in [5.41, 5.74) is 7.42. The van der Waals surface area contributed by atoms with E-state index in [0.717, 1.165) is 35.0 Å². The Kier molecular flexibility index (Phi) is 4.87. The van der Waals surface area contributed by atoms with Crippen LogP contribution in [0.4, 0.5) is 5.69 Å². The van der Waals surface area contributed by atoms with Gasteiger partial charge in [0.25, 0.3) is 0 Å². The highest BCUT2D eigenvalue weighted by Crippen LogP contribution is 2.34. The highest BCUT2D eigenvalue weighted by Gasteiger charge is 2.32. The Bertz CT molecular complexity index is 493. The van der Waals surface area contributed by atoms with Crippen molar-refractivity contribution in [1.82, 2.24) is 0 Å². The van der Waals surface area contributed by atoms with E-state index >= 15 is 0 Å². The Morgan fingerprint density at radius 3 is 2.95 bits per heavy atom. The van der Waals surface area contributed by atoms with Gasteiger partial charge in [-0.3, -0.25) is 4.79 Å². The second kappa shape index (κ2) is 6.25. The van der Waals surface area contributed by atoms with Gasteiger partial charge >= 0.3 is 0 Å². The van der Waals surface area contributed by atoms with Gasteiger partial charge in [0.1, 0.15) is 0 Å². The number of anilines is 1. The zero-order valence-corrected chi connectivity index (χ0v) is 13.2. The Morgan fingerprint density at radius 2 is 2.26 bits per heavy atom. The maximum Gasteiger partial charge on any atom is 0.227 e. The monoisotopic (exact) mass is 344 g/mol. The first-order chi connectivity index (χ1) is 9.02. The molecule has 5 heteroatoms. The van der Waals surface area contributed by atoms with Crippen molar-refractivity contribution >= 4 is 39.1 Å². The van der Waals surface area contributed by atoms with E-state index in [4.69, 9.17) is 17.3 Å². The minimum absolute atomic E-state index is 0.0250. The van der Waals surface area contributed by atoms with Crippen LogP contribution in [0.15, 0.2) is 16.6 Å². The number of carbonyl (C=O) groups excluding carboxylic acids is 1. The fourth-order valence-electron chi connectivity index (χ4n) is 2.63. The topological polar surface area (TPSA) is 55.1 Å². The molecule has 3 nitrogen and oxygen atoms in total. The van der Waals surface area contributed by atoms with E-state index in [2.05, 4.69) is 21.2 Å². The molecule has 0 spiro atoms. The largest absolute Gasteiger partial charge is 0.330 e. The average Bonchev–Trinajstić information content (AvgIpc) is 2.84. The normalized spacial score (nSPS) is 22.5. The molecule has 0 aliphatic heterocycles. The summed E-state index contributed by atoms with van der Waals surface area (Å²) < 4.78 is 0.852. The van der Waals surface area contributed by atoms with Crippen molar-refractivity contribution in [2.45, 2.75) is 26.2 Å². The van der Waals surface area contributed by atoms with Gasteiger partial charge < -0.3 is 11.1 Å². The molecule has 104 valence electrons. The standard InChI is InChI=1S/C14H18BrClN2O/c1-8-5-11(15)13(6-12(8)16)18-14(19)10-4-2-3-9(10)7-17/h5-6,9-10H,2-4,7,17H2,1H3,(H,18,19). The molecule has 1 saturated carbocycles. The molecular formula is C14H18BrClN2O. The van der Waals surface area contributed by atoms with Crippen molar-refractivity contribution in [1.29, 1.82) is 0 Å². The van der Waals surface area contributed by atoms with Gasteiger partial charge in [-0.05, 0) is 65.9 Å². The van der Waals surface area contributed by atoms with E-state index < -0.39 is 0 Å². The number of aryl methyl sites for hydroxylation is 1. The second-order valence-corrected chi connectivity index (χ2v) is 6.37. The fraction of sp³-hybridized carbons (Fsp3) is 0.500. The summed E-state index contributed by atoms with van der Waals surface area (Å²) in [6.07, 6.45) is 3.05. The Morgan fingerprint density at radius 1 is 1.53 bits per heavy atom. The van der Waals surface area contributed by atoms with Gasteiger partial charge in [-0.25, -0.2) is 0 Å². The maximum atomic E-state index is 12.3. The molecule has 0 radical (unpaired) electrons. The van der Waals surface area contributed by atoms with Crippen LogP contribution in [0.2, 0.25) is 5.02 Å². The third kappa shape index (κ3) is 3.30. The molecule has 1 amide bonds. The van der Waals surface area contributed by atoms with Crippen LogP contribution in [0.1, 0.15) is 24.8 Å². The van der Waals surface area contributed by atoms with E-state index in [1.165, 1.54) is 0 Å². The highest BCUT2D eigenvalue weighted by atomic mass is 79.9. The van der Waals surface area contributed by atoms with Gasteiger partial charge in [0.15, 0.2) is 0 Å². The van der Waals surface area contributed by atoms with E-state index in [1.54, 1.807) is 6.07 Å². The molecule has 0 heterocycles.